The lowest BCUT2D eigenvalue weighted by Crippen LogP contribution is -2.02. The molecule has 1 aromatic heterocycles. The van der Waals surface area contributed by atoms with Gasteiger partial charge >= 0.3 is 0 Å². The van der Waals surface area contributed by atoms with Crippen molar-refractivity contribution in [2.24, 2.45) is 0 Å². The summed E-state index contributed by atoms with van der Waals surface area (Å²) in [6.07, 6.45) is 0. The first-order valence-electron chi connectivity index (χ1n) is 7.43. The third kappa shape index (κ3) is 3.64. The fraction of sp³-hybridized carbons (Fsp3) is 0.111. The molecule has 24 heavy (non-hydrogen) atoms. The number of aromatic nitrogens is 2. The van der Waals surface area contributed by atoms with Crippen LogP contribution in [-0.4, -0.2) is 15.1 Å². The van der Waals surface area contributed by atoms with Crippen LogP contribution in [0.4, 0.5) is 17.5 Å². The number of nitrogen functional groups attached to an aromatic ring is 1. The number of aliphatic hydroxyl groups excluding tert-OH is 1. The van der Waals surface area contributed by atoms with Gasteiger partial charge in [-0.1, -0.05) is 29.8 Å². The summed E-state index contributed by atoms with van der Waals surface area (Å²) in [4.78, 5) is 8.53. The molecular formula is C18H17ClN4O. The second-order valence-corrected chi connectivity index (χ2v) is 5.87. The summed E-state index contributed by atoms with van der Waals surface area (Å²) in [5, 5.41) is 12.9. The van der Waals surface area contributed by atoms with E-state index in [1.54, 1.807) is 0 Å². The number of nitrogens with one attached hydrogen (secondary N) is 1. The second-order valence-electron chi connectivity index (χ2n) is 5.44. The number of aryl methyl sites for hydroxylation is 1. The summed E-state index contributed by atoms with van der Waals surface area (Å²) in [5.41, 5.74) is 10.2. The van der Waals surface area contributed by atoms with Crippen molar-refractivity contribution in [1.29, 1.82) is 0 Å². The fourth-order valence-corrected chi connectivity index (χ4v) is 2.55. The molecule has 0 radical (unpaired) electrons. The summed E-state index contributed by atoms with van der Waals surface area (Å²) in [7, 11) is 0. The van der Waals surface area contributed by atoms with Crippen LogP contribution >= 0.6 is 11.6 Å². The predicted octanol–water partition coefficient (Wildman–Crippen LogP) is 3.92. The van der Waals surface area contributed by atoms with Gasteiger partial charge in [-0.15, -0.1) is 0 Å². The van der Waals surface area contributed by atoms with Crippen molar-refractivity contribution in [2.75, 3.05) is 11.1 Å². The number of halogens is 1. The Morgan fingerprint density at radius 3 is 2.54 bits per heavy atom. The highest BCUT2D eigenvalue weighted by atomic mass is 35.5. The van der Waals surface area contributed by atoms with Gasteiger partial charge in [-0.2, -0.15) is 4.98 Å². The number of aliphatic hydroxyl groups is 1. The van der Waals surface area contributed by atoms with E-state index in [0.29, 0.717) is 16.5 Å². The summed E-state index contributed by atoms with van der Waals surface area (Å²) in [6, 6.07) is 14.9. The van der Waals surface area contributed by atoms with E-state index < -0.39 is 0 Å². The van der Waals surface area contributed by atoms with Gasteiger partial charge in [0.2, 0.25) is 5.95 Å². The molecule has 3 rings (SSSR count). The van der Waals surface area contributed by atoms with E-state index in [0.717, 1.165) is 22.4 Å². The third-order valence-electron chi connectivity index (χ3n) is 3.63. The van der Waals surface area contributed by atoms with Crippen LogP contribution in [0.3, 0.4) is 0 Å². The minimum atomic E-state index is 0.0128. The van der Waals surface area contributed by atoms with Gasteiger partial charge < -0.3 is 16.2 Å². The topological polar surface area (TPSA) is 84.1 Å². The molecule has 0 unspecified atom stereocenters. The van der Waals surface area contributed by atoms with Crippen LogP contribution in [0.2, 0.25) is 5.02 Å². The Labute approximate surface area is 145 Å². The lowest BCUT2D eigenvalue weighted by molar-refractivity contribution is 0.282. The first-order chi connectivity index (χ1) is 11.5. The standard InChI is InChI=1S/C18H17ClN4O/c1-11-2-5-13(19)8-15(11)16-9-17(23-18(20)22-16)21-14-6-3-12(10-24)4-7-14/h2-9,24H,10H2,1H3,(H3,20,21,22,23). The zero-order chi connectivity index (χ0) is 17.1. The van der Waals surface area contributed by atoms with Crippen LogP contribution in [0.1, 0.15) is 11.1 Å². The second kappa shape index (κ2) is 6.86. The van der Waals surface area contributed by atoms with Gasteiger partial charge in [-0.3, -0.25) is 0 Å². The van der Waals surface area contributed by atoms with Crippen LogP contribution < -0.4 is 11.1 Å². The lowest BCUT2D eigenvalue weighted by atomic mass is 10.1. The highest BCUT2D eigenvalue weighted by Gasteiger charge is 2.09. The lowest BCUT2D eigenvalue weighted by Gasteiger charge is -2.11. The molecule has 3 aromatic rings. The van der Waals surface area contributed by atoms with E-state index in [2.05, 4.69) is 15.3 Å². The van der Waals surface area contributed by atoms with Gasteiger partial charge in [0.15, 0.2) is 0 Å². The number of anilines is 3. The van der Waals surface area contributed by atoms with E-state index in [-0.39, 0.29) is 12.6 Å². The number of rotatable bonds is 4. The maximum Gasteiger partial charge on any atom is 0.222 e. The Morgan fingerprint density at radius 1 is 1.08 bits per heavy atom. The highest BCUT2D eigenvalue weighted by Crippen LogP contribution is 2.28. The molecule has 2 aromatic carbocycles. The van der Waals surface area contributed by atoms with Gasteiger partial charge in [0.25, 0.3) is 0 Å². The fourth-order valence-electron chi connectivity index (χ4n) is 2.38. The zero-order valence-electron chi connectivity index (χ0n) is 13.1. The van der Waals surface area contributed by atoms with E-state index in [1.807, 2.05) is 55.5 Å². The average molecular weight is 341 g/mol. The number of benzene rings is 2. The van der Waals surface area contributed by atoms with Gasteiger partial charge in [-0.05, 0) is 42.3 Å². The van der Waals surface area contributed by atoms with Crippen LogP contribution in [0.25, 0.3) is 11.3 Å². The molecule has 0 atom stereocenters. The molecule has 0 saturated heterocycles. The number of hydrogen-bond acceptors (Lipinski definition) is 5. The molecule has 6 heteroatoms. The van der Waals surface area contributed by atoms with Crippen LogP contribution in [0.15, 0.2) is 48.5 Å². The van der Waals surface area contributed by atoms with E-state index in [1.165, 1.54) is 0 Å². The molecule has 5 nitrogen and oxygen atoms in total. The molecule has 4 N–H and O–H groups in total. The minimum absolute atomic E-state index is 0.0128. The quantitative estimate of drug-likeness (QED) is 0.670. The summed E-state index contributed by atoms with van der Waals surface area (Å²) in [6.45, 7) is 2.00. The average Bonchev–Trinajstić information content (AvgIpc) is 2.57. The first kappa shape index (κ1) is 16.2. The molecule has 1 heterocycles. The minimum Gasteiger partial charge on any atom is -0.392 e. The molecule has 0 aliphatic rings. The first-order valence-corrected chi connectivity index (χ1v) is 7.81. The Hall–Kier alpha value is -2.63. The molecule has 0 fully saturated rings. The van der Waals surface area contributed by atoms with Crippen LogP contribution in [-0.2, 0) is 6.61 Å². The Morgan fingerprint density at radius 2 is 1.83 bits per heavy atom. The Bertz CT molecular complexity index is 865. The molecule has 0 amide bonds. The smallest absolute Gasteiger partial charge is 0.222 e. The van der Waals surface area contributed by atoms with Crippen molar-refractivity contribution in [3.05, 3.63) is 64.7 Å². The molecule has 122 valence electrons. The number of nitrogens with two attached hydrogens (primary N) is 1. The predicted molar refractivity (Wildman–Crippen MR) is 97.3 cm³/mol. The maximum atomic E-state index is 9.10. The molecule has 0 saturated carbocycles. The van der Waals surface area contributed by atoms with Gasteiger partial charge in [-0.25, -0.2) is 4.98 Å². The van der Waals surface area contributed by atoms with Crippen LogP contribution in [0.5, 0.6) is 0 Å². The van der Waals surface area contributed by atoms with Crippen LogP contribution in [0, 0.1) is 6.92 Å². The monoisotopic (exact) mass is 340 g/mol. The maximum absolute atomic E-state index is 9.10. The summed E-state index contributed by atoms with van der Waals surface area (Å²) < 4.78 is 0. The molecule has 0 aliphatic heterocycles. The SMILES string of the molecule is Cc1ccc(Cl)cc1-c1cc(Nc2ccc(CO)cc2)nc(N)n1. The number of hydrogen-bond donors (Lipinski definition) is 3. The van der Waals surface area contributed by atoms with Gasteiger partial charge in [0.1, 0.15) is 5.82 Å². The molecule has 0 bridgehead atoms. The van der Waals surface area contributed by atoms with E-state index in [4.69, 9.17) is 22.4 Å². The molecule has 0 spiro atoms. The van der Waals surface area contributed by atoms with Crippen molar-refractivity contribution in [1.82, 2.24) is 9.97 Å². The normalized spacial score (nSPS) is 10.6. The summed E-state index contributed by atoms with van der Waals surface area (Å²) >= 11 is 6.09. The third-order valence-corrected chi connectivity index (χ3v) is 3.86. The van der Waals surface area contributed by atoms with Gasteiger partial charge in [0.05, 0.1) is 12.3 Å². The number of nitrogens with zero attached hydrogens (tertiary/aromatic N) is 2. The zero-order valence-corrected chi connectivity index (χ0v) is 13.9. The highest BCUT2D eigenvalue weighted by molar-refractivity contribution is 6.30. The Balaban J connectivity index is 1.95. The van der Waals surface area contributed by atoms with Crippen molar-refractivity contribution >= 4 is 29.1 Å². The molecule has 0 aliphatic carbocycles. The van der Waals surface area contributed by atoms with Crippen molar-refractivity contribution < 1.29 is 5.11 Å². The van der Waals surface area contributed by atoms with Crippen molar-refractivity contribution in [3.63, 3.8) is 0 Å². The van der Waals surface area contributed by atoms with E-state index in [9.17, 15) is 0 Å². The largest absolute Gasteiger partial charge is 0.392 e. The Kier molecular flexibility index (Phi) is 4.64. The van der Waals surface area contributed by atoms with Gasteiger partial charge in [0, 0.05) is 22.3 Å². The van der Waals surface area contributed by atoms with E-state index >= 15 is 0 Å². The van der Waals surface area contributed by atoms with Crippen molar-refractivity contribution in [2.45, 2.75) is 13.5 Å². The molecular weight excluding hydrogens is 324 g/mol. The van der Waals surface area contributed by atoms with Crippen molar-refractivity contribution in [3.8, 4) is 11.3 Å². The summed E-state index contributed by atoms with van der Waals surface area (Å²) in [5.74, 6) is 0.773.